The molecule has 1 aliphatic rings. The van der Waals surface area contributed by atoms with Crippen LogP contribution in [0.1, 0.15) is 24.1 Å². The third-order valence-corrected chi connectivity index (χ3v) is 4.48. The van der Waals surface area contributed by atoms with Crippen LogP contribution in [0.15, 0.2) is 66.3 Å². The van der Waals surface area contributed by atoms with Crippen molar-refractivity contribution in [1.82, 2.24) is 14.8 Å². The Morgan fingerprint density at radius 2 is 2.00 bits per heavy atom. The number of para-hydroxylation sites is 1. The van der Waals surface area contributed by atoms with Crippen LogP contribution in [0, 0.1) is 0 Å². The molecule has 2 heterocycles. The van der Waals surface area contributed by atoms with Gasteiger partial charge in [-0.3, -0.25) is 0 Å². The second-order valence-electron chi connectivity index (χ2n) is 6.02. The molecule has 0 amide bonds. The van der Waals surface area contributed by atoms with Gasteiger partial charge >= 0.3 is 0 Å². The highest BCUT2D eigenvalue weighted by Crippen LogP contribution is 2.33. The van der Waals surface area contributed by atoms with Crippen molar-refractivity contribution in [3.8, 4) is 5.75 Å². The summed E-state index contributed by atoms with van der Waals surface area (Å²) in [7, 11) is 0. The van der Waals surface area contributed by atoms with Crippen LogP contribution < -0.4 is 4.74 Å². The Morgan fingerprint density at radius 3 is 2.77 bits per heavy atom. The number of ether oxygens (including phenoxy) is 1. The van der Waals surface area contributed by atoms with Crippen molar-refractivity contribution in [2.24, 2.45) is 5.16 Å². The van der Waals surface area contributed by atoms with E-state index in [0.29, 0.717) is 11.6 Å². The Labute approximate surface area is 156 Å². The van der Waals surface area contributed by atoms with Gasteiger partial charge in [-0.25, -0.2) is 9.67 Å². The maximum Gasteiger partial charge on any atom is 0.142 e. The molecule has 6 nitrogen and oxygen atoms in total. The van der Waals surface area contributed by atoms with Crippen LogP contribution in [0.5, 0.6) is 5.75 Å². The maximum absolute atomic E-state index is 6.04. The van der Waals surface area contributed by atoms with Gasteiger partial charge in [0.2, 0.25) is 0 Å². The lowest BCUT2D eigenvalue weighted by Gasteiger charge is -2.32. The standard InChI is InChI=1S/C19H17ClN4O2/c1-13-19(24-12-21-11-22-24)18(16-4-2-3-5-17(16)26-13)23-25-10-14-6-8-15(20)9-7-14/h2-9,11-13,19H,10H2,1H3/b23-18-/t13-,19-/m0/s1. The van der Waals surface area contributed by atoms with Crippen molar-refractivity contribution >= 4 is 17.3 Å². The molecule has 1 aromatic heterocycles. The van der Waals surface area contributed by atoms with Gasteiger partial charge < -0.3 is 9.57 Å². The van der Waals surface area contributed by atoms with E-state index in [1.807, 2.05) is 55.5 Å². The van der Waals surface area contributed by atoms with E-state index in [0.717, 1.165) is 22.6 Å². The first kappa shape index (κ1) is 16.6. The lowest BCUT2D eigenvalue weighted by molar-refractivity contribution is 0.120. The number of fused-ring (bicyclic) bond motifs is 1. The average Bonchev–Trinajstić information content (AvgIpc) is 3.17. The molecule has 26 heavy (non-hydrogen) atoms. The zero-order valence-electron chi connectivity index (χ0n) is 14.1. The first-order valence-electron chi connectivity index (χ1n) is 8.27. The largest absolute Gasteiger partial charge is 0.487 e. The maximum atomic E-state index is 6.04. The lowest BCUT2D eigenvalue weighted by Crippen LogP contribution is -2.38. The van der Waals surface area contributed by atoms with Gasteiger partial charge in [0.15, 0.2) is 0 Å². The first-order chi connectivity index (χ1) is 12.7. The fourth-order valence-corrected chi connectivity index (χ4v) is 3.11. The second kappa shape index (κ2) is 7.17. The van der Waals surface area contributed by atoms with Gasteiger partial charge in [-0.15, -0.1) is 0 Å². The summed E-state index contributed by atoms with van der Waals surface area (Å²) >= 11 is 5.92. The molecule has 0 fully saturated rings. The molecule has 1 aliphatic heterocycles. The summed E-state index contributed by atoms with van der Waals surface area (Å²) in [4.78, 5) is 9.71. The smallest absolute Gasteiger partial charge is 0.142 e. The molecule has 2 atom stereocenters. The van der Waals surface area contributed by atoms with Crippen LogP contribution in [0.3, 0.4) is 0 Å². The zero-order chi connectivity index (χ0) is 17.9. The predicted molar refractivity (Wildman–Crippen MR) is 98.4 cm³/mol. The highest BCUT2D eigenvalue weighted by Gasteiger charge is 2.35. The number of hydrogen-bond donors (Lipinski definition) is 0. The Morgan fingerprint density at radius 1 is 1.19 bits per heavy atom. The molecule has 0 aliphatic carbocycles. The predicted octanol–water partition coefficient (Wildman–Crippen LogP) is 3.87. The van der Waals surface area contributed by atoms with Gasteiger partial charge in [0, 0.05) is 10.6 Å². The highest BCUT2D eigenvalue weighted by atomic mass is 35.5. The monoisotopic (exact) mass is 368 g/mol. The van der Waals surface area contributed by atoms with Crippen molar-refractivity contribution in [1.29, 1.82) is 0 Å². The summed E-state index contributed by atoms with van der Waals surface area (Å²) in [5, 5.41) is 9.40. The summed E-state index contributed by atoms with van der Waals surface area (Å²) in [5.41, 5.74) is 2.64. The van der Waals surface area contributed by atoms with Gasteiger partial charge in [-0.2, -0.15) is 5.10 Å². The third-order valence-electron chi connectivity index (χ3n) is 4.23. The van der Waals surface area contributed by atoms with E-state index in [4.69, 9.17) is 21.2 Å². The van der Waals surface area contributed by atoms with Crippen LogP contribution in [0.2, 0.25) is 5.02 Å². The van der Waals surface area contributed by atoms with E-state index in [1.165, 1.54) is 6.33 Å². The quantitative estimate of drug-likeness (QED) is 0.656. The number of aromatic nitrogens is 3. The molecule has 132 valence electrons. The van der Waals surface area contributed by atoms with E-state index in [1.54, 1.807) is 11.0 Å². The van der Waals surface area contributed by atoms with E-state index in [9.17, 15) is 0 Å². The summed E-state index contributed by atoms with van der Waals surface area (Å²) in [5.74, 6) is 0.783. The minimum absolute atomic E-state index is 0.163. The molecule has 4 rings (SSSR count). The molecule has 0 N–H and O–H groups in total. The molecular weight excluding hydrogens is 352 g/mol. The van der Waals surface area contributed by atoms with Crippen LogP contribution in [-0.2, 0) is 11.4 Å². The van der Waals surface area contributed by atoms with Crippen molar-refractivity contribution in [3.63, 3.8) is 0 Å². The summed E-state index contributed by atoms with van der Waals surface area (Å²) in [6, 6.07) is 15.1. The first-order valence-corrected chi connectivity index (χ1v) is 8.64. The molecule has 0 spiro atoms. The number of nitrogens with zero attached hydrogens (tertiary/aromatic N) is 4. The summed E-state index contributed by atoms with van der Waals surface area (Å²) in [6.07, 6.45) is 3.00. The van der Waals surface area contributed by atoms with Crippen molar-refractivity contribution < 1.29 is 9.57 Å². The molecular formula is C19H17ClN4O2. The van der Waals surface area contributed by atoms with Gasteiger partial charge in [-0.1, -0.05) is 41.0 Å². The molecule has 0 radical (unpaired) electrons. The summed E-state index contributed by atoms with van der Waals surface area (Å²) < 4.78 is 7.78. The van der Waals surface area contributed by atoms with Gasteiger partial charge in [0.1, 0.15) is 42.9 Å². The van der Waals surface area contributed by atoms with E-state index in [-0.39, 0.29) is 12.1 Å². The van der Waals surface area contributed by atoms with Crippen molar-refractivity contribution in [2.45, 2.75) is 25.7 Å². The van der Waals surface area contributed by atoms with E-state index >= 15 is 0 Å². The number of benzene rings is 2. The Bertz CT molecular complexity index is 910. The second-order valence-corrected chi connectivity index (χ2v) is 6.45. The highest BCUT2D eigenvalue weighted by molar-refractivity contribution is 6.30. The number of hydrogen-bond acceptors (Lipinski definition) is 5. The molecule has 0 bridgehead atoms. The Kier molecular flexibility index (Phi) is 4.58. The fourth-order valence-electron chi connectivity index (χ4n) is 2.99. The van der Waals surface area contributed by atoms with Crippen molar-refractivity contribution in [2.75, 3.05) is 0 Å². The number of halogens is 1. The minimum Gasteiger partial charge on any atom is -0.487 e. The lowest BCUT2D eigenvalue weighted by atomic mass is 9.95. The molecule has 0 unspecified atom stereocenters. The van der Waals surface area contributed by atoms with E-state index < -0.39 is 0 Å². The van der Waals surface area contributed by atoms with Crippen LogP contribution in [-0.4, -0.2) is 26.6 Å². The summed E-state index contributed by atoms with van der Waals surface area (Å²) in [6.45, 7) is 2.33. The topological polar surface area (TPSA) is 61.5 Å². The average molecular weight is 369 g/mol. The number of rotatable bonds is 4. The fraction of sp³-hybridized carbons (Fsp3) is 0.211. The Balaban J connectivity index is 1.65. The molecule has 7 heteroatoms. The van der Waals surface area contributed by atoms with Gasteiger partial charge in [0.25, 0.3) is 0 Å². The molecule has 3 aromatic rings. The van der Waals surface area contributed by atoms with Crippen molar-refractivity contribution in [3.05, 3.63) is 77.3 Å². The molecule has 2 aromatic carbocycles. The van der Waals surface area contributed by atoms with E-state index in [2.05, 4.69) is 15.2 Å². The van der Waals surface area contributed by atoms with Crippen LogP contribution in [0.4, 0.5) is 0 Å². The Hall–Kier alpha value is -2.86. The van der Waals surface area contributed by atoms with Crippen LogP contribution in [0.25, 0.3) is 0 Å². The molecule has 0 saturated carbocycles. The number of oxime groups is 1. The zero-order valence-corrected chi connectivity index (χ0v) is 14.9. The SMILES string of the molecule is C[C@@H]1Oc2ccccc2/C(=N/OCc2ccc(Cl)cc2)[C@H]1n1cncn1. The third kappa shape index (κ3) is 3.28. The normalized spacial score (nSPS) is 20.5. The molecule has 0 saturated heterocycles. The van der Waals surface area contributed by atoms with Gasteiger partial charge in [0.05, 0.1) is 0 Å². The van der Waals surface area contributed by atoms with Crippen LogP contribution >= 0.6 is 11.6 Å². The minimum atomic E-state index is -0.224. The van der Waals surface area contributed by atoms with Gasteiger partial charge in [-0.05, 0) is 36.8 Å².